The fourth-order valence-electron chi connectivity index (χ4n) is 3.51. The minimum Gasteiger partial charge on any atom is -0.339 e. The van der Waals surface area contributed by atoms with Gasteiger partial charge >= 0.3 is 0 Å². The van der Waals surface area contributed by atoms with Crippen LogP contribution in [0.2, 0.25) is 0 Å². The zero-order chi connectivity index (χ0) is 17.1. The quantitative estimate of drug-likeness (QED) is 0.831. The molecule has 1 aromatic heterocycles. The number of hydrogen-bond donors (Lipinski definition) is 0. The Balaban J connectivity index is 1.49. The van der Waals surface area contributed by atoms with Crippen LogP contribution >= 0.6 is 11.3 Å². The normalized spacial score (nSPS) is 22.7. The zero-order valence-corrected chi connectivity index (χ0v) is 15.3. The number of aryl methyl sites for hydroxylation is 1. The van der Waals surface area contributed by atoms with Gasteiger partial charge in [0.15, 0.2) is 0 Å². The number of hydrogen-bond acceptors (Lipinski definition) is 5. The molecule has 2 saturated heterocycles. The van der Waals surface area contributed by atoms with Gasteiger partial charge in [0.2, 0.25) is 5.91 Å². The monoisotopic (exact) mass is 350 g/mol. The first-order chi connectivity index (χ1) is 11.6. The average molecular weight is 350 g/mol. The van der Waals surface area contributed by atoms with Crippen molar-refractivity contribution in [2.75, 3.05) is 39.3 Å². The lowest BCUT2D eigenvalue weighted by Gasteiger charge is -2.38. The summed E-state index contributed by atoms with van der Waals surface area (Å²) in [6.07, 6.45) is 3.46. The van der Waals surface area contributed by atoms with Gasteiger partial charge in [-0.3, -0.25) is 14.5 Å². The molecule has 1 atom stereocenters. The van der Waals surface area contributed by atoms with Crippen LogP contribution in [0.1, 0.15) is 41.6 Å². The van der Waals surface area contributed by atoms with Crippen LogP contribution in [0, 0.1) is 6.92 Å². The Morgan fingerprint density at radius 3 is 2.58 bits per heavy atom. The Hall–Kier alpha value is -1.47. The molecule has 0 bridgehead atoms. The number of amides is 2. The maximum atomic E-state index is 12.5. The molecule has 0 N–H and O–H groups in total. The van der Waals surface area contributed by atoms with Crippen molar-refractivity contribution in [1.29, 1.82) is 0 Å². The van der Waals surface area contributed by atoms with Gasteiger partial charge < -0.3 is 9.80 Å². The second-order valence-corrected chi connectivity index (χ2v) is 7.62. The molecule has 6 nitrogen and oxygen atoms in total. The Morgan fingerprint density at radius 1 is 1.21 bits per heavy atom. The molecule has 3 rings (SSSR count). The van der Waals surface area contributed by atoms with E-state index in [2.05, 4.69) is 16.8 Å². The lowest BCUT2D eigenvalue weighted by molar-refractivity contribution is -0.136. The number of thiazole rings is 1. The van der Waals surface area contributed by atoms with Crippen LogP contribution in [0.5, 0.6) is 0 Å². The van der Waals surface area contributed by atoms with Gasteiger partial charge in [0.25, 0.3) is 5.91 Å². The van der Waals surface area contributed by atoms with Gasteiger partial charge in [-0.1, -0.05) is 0 Å². The van der Waals surface area contributed by atoms with E-state index in [4.69, 9.17) is 0 Å². The second-order valence-electron chi connectivity index (χ2n) is 6.77. The van der Waals surface area contributed by atoms with E-state index in [0.717, 1.165) is 43.0 Å². The van der Waals surface area contributed by atoms with Gasteiger partial charge in [0.1, 0.15) is 4.88 Å². The van der Waals surface area contributed by atoms with Crippen molar-refractivity contribution in [2.24, 2.45) is 0 Å². The molecule has 0 aromatic carbocycles. The van der Waals surface area contributed by atoms with Crippen molar-refractivity contribution in [3.63, 3.8) is 0 Å². The largest absolute Gasteiger partial charge is 0.339 e. The van der Waals surface area contributed by atoms with Crippen molar-refractivity contribution in [3.8, 4) is 0 Å². The van der Waals surface area contributed by atoms with Crippen molar-refractivity contribution >= 4 is 23.2 Å². The summed E-state index contributed by atoms with van der Waals surface area (Å²) in [5.41, 5.74) is 2.53. The van der Waals surface area contributed by atoms with E-state index in [1.54, 1.807) is 5.51 Å². The van der Waals surface area contributed by atoms with E-state index in [1.165, 1.54) is 17.8 Å². The lowest BCUT2D eigenvalue weighted by Crippen LogP contribution is -2.53. The van der Waals surface area contributed by atoms with Crippen LogP contribution < -0.4 is 0 Å². The maximum Gasteiger partial charge on any atom is 0.265 e. The standard InChI is InChI=1S/C17H26N4O2S/c1-13-5-3-4-6-21(13)15(22)11-19-7-9-20(10-8-19)17(23)16-14(2)18-12-24-16/h12-13H,3-11H2,1-2H3. The van der Waals surface area contributed by atoms with Crippen molar-refractivity contribution in [2.45, 2.75) is 39.2 Å². The van der Waals surface area contributed by atoms with Crippen LogP contribution in [-0.2, 0) is 4.79 Å². The number of piperidine rings is 1. The summed E-state index contributed by atoms with van der Waals surface area (Å²) in [5.74, 6) is 0.311. The van der Waals surface area contributed by atoms with Gasteiger partial charge in [0.05, 0.1) is 17.7 Å². The number of carbonyl (C=O) groups is 2. The van der Waals surface area contributed by atoms with Crippen molar-refractivity contribution in [1.82, 2.24) is 19.7 Å². The summed E-state index contributed by atoms with van der Waals surface area (Å²) >= 11 is 1.41. The molecule has 1 unspecified atom stereocenters. The van der Waals surface area contributed by atoms with Gasteiger partial charge in [-0.05, 0) is 33.1 Å². The van der Waals surface area contributed by atoms with E-state index < -0.39 is 0 Å². The fraction of sp³-hybridized carbons (Fsp3) is 0.706. The third-order valence-corrected chi connectivity index (χ3v) is 6.00. The second kappa shape index (κ2) is 7.61. The third kappa shape index (κ3) is 3.78. The first-order valence-electron chi connectivity index (χ1n) is 8.77. The van der Waals surface area contributed by atoms with Gasteiger partial charge in [-0.25, -0.2) is 4.98 Å². The van der Waals surface area contributed by atoms with E-state index in [-0.39, 0.29) is 11.8 Å². The molecule has 2 fully saturated rings. The number of aromatic nitrogens is 1. The van der Waals surface area contributed by atoms with Crippen LogP contribution in [0.25, 0.3) is 0 Å². The van der Waals surface area contributed by atoms with Crippen LogP contribution in [0.3, 0.4) is 0 Å². The minimum absolute atomic E-state index is 0.0747. The molecule has 2 aliphatic heterocycles. The first kappa shape index (κ1) is 17.4. The van der Waals surface area contributed by atoms with Gasteiger partial charge in [-0.2, -0.15) is 0 Å². The van der Waals surface area contributed by atoms with Crippen molar-refractivity contribution in [3.05, 3.63) is 16.1 Å². The molecule has 3 heterocycles. The Bertz CT molecular complexity index is 595. The molecule has 2 aliphatic rings. The summed E-state index contributed by atoms with van der Waals surface area (Å²) in [6, 6.07) is 0.364. The Morgan fingerprint density at radius 2 is 1.96 bits per heavy atom. The molecule has 0 saturated carbocycles. The molecule has 1 aromatic rings. The SMILES string of the molecule is Cc1ncsc1C(=O)N1CCN(CC(=O)N2CCCCC2C)CC1. The van der Waals surface area contributed by atoms with Crippen LogP contribution in [0.4, 0.5) is 0 Å². The molecular weight excluding hydrogens is 324 g/mol. The summed E-state index contributed by atoms with van der Waals surface area (Å²) in [5, 5.41) is 0. The minimum atomic E-state index is 0.0747. The topological polar surface area (TPSA) is 56.8 Å². The average Bonchev–Trinajstić information content (AvgIpc) is 3.01. The summed E-state index contributed by atoms with van der Waals surface area (Å²) in [7, 11) is 0. The van der Waals surface area contributed by atoms with Crippen molar-refractivity contribution < 1.29 is 9.59 Å². The van der Waals surface area contributed by atoms with E-state index in [9.17, 15) is 9.59 Å². The number of carbonyl (C=O) groups excluding carboxylic acids is 2. The highest BCUT2D eigenvalue weighted by Gasteiger charge is 2.28. The van der Waals surface area contributed by atoms with Gasteiger partial charge in [-0.15, -0.1) is 11.3 Å². The zero-order valence-electron chi connectivity index (χ0n) is 14.5. The highest BCUT2D eigenvalue weighted by atomic mass is 32.1. The molecular formula is C17H26N4O2S. The predicted octanol–water partition coefficient (Wildman–Crippen LogP) is 1.61. The summed E-state index contributed by atoms with van der Waals surface area (Å²) in [4.78, 5) is 36.0. The number of likely N-dealkylation sites (tertiary alicyclic amines) is 1. The number of piperazine rings is 1. The Kier molecular flexibility index (Phi) is 5.50. The lowest BCUT2D eigenvalue weighted by atomic mass is 10.0. The van der Waals surface area contributed by atoms with Gasteiger partial charge in [0, 0.05) is 38.8 Å². The van der Waals surface area contributed by atoms with E-state index in [1.807, 2.05) is 16.7 Å². The summed E-state index contributed by atoms with van der Waals surface area (Å²) in [6.45, 7) is 8.27. The Labute approximate surface area is 147 Å². The van der Waals surface area contributed by atoms with E-state index in [0.29, 0.717) is 25.7 Å². The predicted molar refractivity (Wildman–Crippen MR) is 94.2 cm³/mol. The highest BCUT2D eigenvalue weighted by Crippen LogP contribution is 2.18. The summed E-state index contributed by atoms with van der Waals surface area (Å²) < 4.78 is 0. The third-order valence-electron chi connectivity index (χ3n) is 5.08. The van der Waals surface area contributed by atoms with Crippen LogP contribution in [0.15, 0.2) is 5.51 Å². The molecule has 0 aliphatic carbocycles. The number of rotatable bonds is 3. The maximum absolute atomic E-state index is 12.5. The fourth-order valence-corrected chi connectivity index (χ4v) is 4.28. The number of nitrogens with zero attached hydrogens (tertiary/aromatic N) is 4. The van der Waals surface area contributed by atoms with E-state index >= 15 is 0 Å². The smallest absolute Gasteiger partial charge is 0.265 e. The first-order valence-corrected chi connectivity index (χ1v) is 9.65. The molecule has 132 valence electrons. The van der Waals surface area contributed by atoms with Crippen LogP contribution in [-0.4, -0.2) is 76.8 Å². The molecule has 0 spiro atoms. The molecule has 2 amide bonds. The molecule has 0 radical (unpaired) electrons. The molecule has 24 heavy (non-hydrogen) atoms. The molecule has 7 heteroatoms. The highest BCUT2D eigenvalue weighted by molar-refractivity contribution is 7.11.